The summed E-state index contributed by atoms with van der Waals surface area (Å²) in [5.41, 5.74) is 1.43. The maximum absolute atomic E-state index is 4.91. The molecule has 2 fully saturated rings. The summed E-state index contributed by atoms with van der Waals surface area (Å²) in [7, 11) is 0. The largest absolute Gasteiger partial charge is 0.314 e. The highest BCUT2D eigenvalue weighted by Gasteiger charge is 2.53. The van der Waals surface area contributed by atoms with Gasteiger partial charge in [0, 0.05) is 23.3 Å². The van der Waals surface area contributed by atoms with E-state index in [0.29, 0.717) is 6.04 Å². The van der Waals surface area contributed by atoms with E-state index in [-0.39, 0.29) is 5.41 Å². The second-order valence-corrected chi connectivity index (χ2v) is 8.88. The molecule has 0 bridgehead atoms. The molecule has 2 saturated carbocycles. The minimum atomic E-state index is 0.177. The van der Waals surface area contributed by atoms with E-state index in [1.807, 2.05) is 11.3 Å². The normalized spacial score (nSPS) is 30.0. The van der Waals surface area contributed by atoms with Gasteiger partial charge < -0.3 is 5.32 Å². The smallest absolute Gasteiger partial charge is 0.0944 e. The van der Waals surface area contributed by atoms with E-state index >= 15 is 0 Å². The fourth-order valence-corrected chi connectivity index (χ4v) is 5.27. The summed E-state index contributed by atoms with van der Waals surface area (Å²) in [6, 6.07) is 0.655. The molecule has 1 aromatic heterocycles. The molecule has 3 heteroatoms. The van der Waals surface area contributed by atoms with E-state index in [0.717, 1.165) is 30.7 Å². The highest BCUT2D eigenvalue weighted by Crippen LogP contribution is 2.57. The molecular weight excluding hydrogens is 276 g/mol. The van der Waals surface area contributed by atoms with Crippen LogP contribution in [0.4, 0.5) is 0 Å². The average Bonchev–Trinajstić information content (AvgIpc) is 2.95. The number of rotatable bonds is 5. The van der Waals surface area contributed by atoms with Crippen molar-refractivity contribution >= 4 is 11.3 Å². The van der Waals surface area contributed by atoms with Crippen molar-refractivity contribution in [2.45, 2.75) is 71.3 Å². The second-order valence-electron chi connectivity index (χ2n) is 7.93. The van der Waals surface area contributed by atoms with Crippen molar-refractivity contribution in [2.24, 2.45) is 17.8 Å². The molecule has 2 aliphatic carbocycles. The lowest BCUT2D eigenvalue weighted by atomic mass is 9.93. The summed E-state index contributed by atoms with van der Waals surface area (Å²) in [5.74, 6) is 2.96. The topological polar surface area (TPSA) is 24.9 Å². The second kappa shape index (κ2) is 6.00. The number of hydrogen-bond donors (Lipinski definition) is 1. The number of nitrogens with one attached hydrogen (secondary N) is 1. The van der Waals surface area contributed by atoms with Crippen LogP contribution in [0.5, 0.6) is 0 Å². The van der Waals surface area contributed by atoms with Crippen molar-refractivity contribution in [1.82, 2.24) is 10.3 Å². The number of hydrogen-bond acceptors (Lipinski definition) is 3. The maximum atomic E-state index is 4.91. The average molecular weight is 307 g/mol. The summed E-state index contributed by atoms with van der Waals surface area (Å²) in [6.07, 6.45) is 7.00. The summed E-state index contributed by atoms with van der Waals surface area (Å²) < 4.78 is 0. The van der Waals surface area contributed by atoms with Crippen molar-refractivity contribution in [2.75, 3.05) is 6.54 Å². The van der Waals surface area contributed by atoms with Gasteiger partial charge in [-0.1, -0.05) is 40.5 Å². The zero-order valence-electron chi connectivity index (χ0n) is 14.0. The molecular formula is C18H30N2S. The zero-order chi connectivity index (χ0) is 15.0. The zero-order valence-corrected chi connectivity index (χ0v) is 14.8. The molecule has 0 saturated heterocycles. The lowest BCUT2D eigenvalue weighted by Gasteiger charge is -2.18. The Bertz CT molecular complexity index is 462. The highest BCUT2D eigenvalue weighted by atomic mass is 32.1. The minimum Gasteiger partial charge on any atom is -0.314 e. The first kappa shape index (κ1) is 15.5. The van der Waals surface area contributed by atoms with Gasteiger partial charge >= 0.3 is 0 Å². The van der Waals surface area contributed by atoms with Crippen molar-refractivity contribution < 1.29 is 0 Å². The van der Waals surface area contributed by atoms with Gasteiger partial charge in [0.15, 0.2) is 0 Å². The minimum absolute atomic E-state index is 0.177. The number of fused-ring (bicyclic) bond motifs is 1. The Balaban J connectivity index is 1.67. The summed E-state index contributed by atoms with van der Waals surface area (Å²) in [6.45, 7) is 10.1. The molecule has 3 atom stereocenters. The van der Waals surface area contributed by atoms with Gasteiger partial charge in [0.2, 0.25) is 0 Å². The first-order valence-electron chi connectivity index (χ1n) is 8.69. The summed E-state index contributed by atoms with van der Waals surface area (Å²) in [5, 5.41) is 7.35. The Labute approximate surface area is 133 Å². The van der Waals surface area contributed by atoms with Crippen LogP contribution in [-0.4, -0.2) is 17.6 Å². The third kappa shape index (κ3) is 3.34. The van der Waals surface area contributed by atoms with Crippen LogP contribution in [-0.2, 0) is 11.8 Å². The van der Waals surface area contributed by atoms with Gasteiger partial charge in [-0.15, -0.1) is 11.3 Å². The number of aromatic nitrogens is 1. The van der Waals surface area contributed by atoms with Gasteiger partial charge in [-0.3, -0.25) is 0 Å². The maximum Gasteiger partial charge on any atom is 0.0944 e. The van der Waals surface area contributed by atoms with Crippen LogP contribution in [0.25, 0.3) is 0 Å². The number of nitrogens with zero attached hydrogens (tertiary/aromatic N) is 1. The molecule has 1 aromatic rings. The van der Waals surface area contributed by atoms with Crippen LogP contribution >= 0.6 is 11.3 Å². The first-order chi connectivity index (χ1) is 10.0. The number of likely N-dealkylation sites (N-methyl/N-ethyl adjacent to an activating group) is 1. The number of thiazole rings is 1. The van der Waals surface area contributed by atoms with Crippen molar-refractivity contribution in [1.29, 1.82) is 0 Å². The van der Waals surface area contributed by atoms with E-state index in [9.17, 15) is 0 Å². The molecule has 0 radical (unpaired) electrons. The van der Waals surface area contributed by atoms with Crippen molar-refractivity contribution in [3.63, 3.8) is 0 Å². The van der Waals surface area contributed by atoms with Crippen molar-refractivity contribution in [3.05, 3.63) is 16.1 Å². The van der Waals surface area contributed by atoms with Gasteiger partial charge in [-0.05, 0) is 37.1 Å². The molecule has 0 aliphatic heterocycles. The molecule has 118 valence electrons. The fraction of sp³-hybridized carbons (Fsp3) is 0.833. The molecule has 2 aliphatic rings. The van der Waals surface area contributed by atoms with E-state index in [2.05, 4.69) is 38.4 Å². The summed E-state index contributed by atoms with van der Waals surface area (Å²) >= 11 is 1.86. The van der Waals surface area contributed by atoms with Gasteiger partial charge in [0.1, 0.15) is 0 Å². The predicted octanol–water partition coefficient (Wildman–Crippen LogP) is 4.40. The Hall–Kier alpha value is -0.410. The van der Waals surface area contributed by atoms with Crippen LogP contribution in [0.15, 0.2) is 5.38 Å². The molecule has 2 nitrogen and oxygen atoms in total. The first-order valence-corrected chi connectivity index (χ1v) is 9.57. The SMILES string of the molecule is CCNC(Cc1nc(C(C)(C)C)cs1)C1C2CCCCC21. The monoisotopic (exact) mass is 306 g/mol. The lowest BCUT2D eigenvalue weighted by Crippen LogP contribution is -2.34. The van der Waals surface area contributed by atoms with Crippen LogP contribution in [0.2, 0.25) is 0 Å². The van der Waals surface area contributed by atoms with Crippen LogP contribution in [0, 0.1) is 17.8 Å². The molecule has 0 spiro atoms. The Morgan fingerprint density at radius 2 is 1.95 bits per heavy atom. The summed E-state index contributed by atoms with van der Waals surface area (Å²) in [4.78, 5) is 4.91. The van der Waals surface area contributed by atoms with Gasteiger partial charge in [0.25, 0.3) is 0 Å². The molecule has 3 unspecified atom stereocenters. The molecule has 3 rings (SSSR count). The van der Waals surface area contributed by atoms with Gasteiger partial charge in [-0.2, -0.15) is 0 Å². The van der Waals surface area contributed by atoms with Crippen LogP contribution < -0.4 is 5.32 Å². The lowest BCUT2D eigenvalue weighted by molar-refractivity contribution is 0.436. The third-order valence-electron chi connectivity index (χ3n) is 5.37. The molecule has 0 amide bonds. The highest BCUT2D eigenvalue weighted by molar-refractivity contribution is 7.09. The fourth-order valence-electron chi connectivity index (χ4n) is 4.19. The van der Waals surface area contributed by atoms with Crippen molar-refractivity contribution in [3.8, 4) is 0 Å². The van der Waals surface area contributed by atoms with E-state index in [4.69, 9.17) is 4.98 Å². The van der Waals surface area contributed by atoms with E-state index < -0.39 is 0 Å². The quantitative estimate of drug-likeness (QED) is 0.872. The van der Waals surface area contributed by atoms with Gasteiger partial charge in [-0.25, -0.2) is 4.98 Å². The molecule has 0 aromatic carbocycles. The molecule has 21 heavy (non-hydrogen) atoms. The van der Waals surface area contributed by atoms with Gasteiger partial charge in [0.05, 0.1) is 10.7 Å². The Morgan fingerprint density at radius 1 is 1.29 bits per heavy atom. The van der Waals surface area contributed by atoms with E-state index in [1.54, 1.807) is 0 Å². The molecule has 1 heterocycles. The van der Waals surface area contributed by atoms with E-state index in [1.165, 1.54) is 36.4 Å². The Kier molecular flexibility index (Phi) is 4.42. The standard InChI is InChI=1S/C18H30N2S/c1-5-19-14(17-12-8-6-7-9-13(12)17)10-16-20-15(11-21-16)18(2,3)4/h11-14,17,19H,5-10H2,1-4H3. The van der Waals surface area contributed by atoms with Crippen LogP contribution in [0.3, 0.4) is 0 Å². The van der Waals surface area contributed by atoms with Crippen LogP contribution in [0.1, 0.15) is 64.1 Å². The third-order valence-corrected chi connectivity index (χ3v) is 6.24. The predicted molar refractivity (Wildman–Crippen MR) is 90.9 cm³/mol. The molecule has 1 N–H and O–H groups in total. The Morgan fingerprint density at radius 3 is 2.48 bits per heavy atom.